The van der Waals surface area contributed by atoms with Gasteiger partial charge in [0.25, 0.3) is 0 Å². The Balaban J connectivity index is 1.34. The maximum absolute atomic E-state index is 12.3. The van der Waals surface area contributed by atoms with Crippen molar-refractivity contribution in [3.8, 4) is 0 Å². The lowest BCUT2D eigenvalue weighted by Gasteiger charge is -2.27. The van der Waals surface area contributed by atoms with E-state index in [1.54, 1.807) is 17.2 Å². The first-order chi connectivity index (χ1) is 13.8. The average Bonchev–Trinajstić information content (AvgIpc) is 3.15. The van der Waals surface area contributed by atoms with Crippen molar-refractivity contribution in [1.29, 1.82) is 0 Å². The van der Waals surface area contributed by atoms with E-state index in [2.05, 4.69) is 37.4 Å². The van der Waals surface area contributed by atoms with Gasteiger partial charge in [0.2, 0.25) is 5.91 Å². The molecular formula is C21H26N6O. The number of hydrogen-bond donors (Lipinski definition) is 1. The molecule has 2 aromatic heterocycles. The fourth-order valence-electron chi connectivity index (χ4n) is 3.71. The zero-order valence-electron chi connectivity index (χ0n) is 16.0. The van der Waals surface area contributed by atoms with Crippen molar-refractivity contribution in [3.05, 3.63) is 48.4 Å². The Morgan fingerprint density at radius 1 is 1.07 bits per heavy atom. The molecule has 0 saturated carbocycles. The quantitative estimate of drug-likeness (QED) is 0.640. The number of nitrogens with zero attached hydrogens (tertiary/aromatic N) is 5. The number of hydrogen-bond acceptors (Lipinski definition) is 5. The number of carbonyl (C=O) groups excluding carboxylic acids is 1. The van der Waals surface area contributed by atoms with Gasteiger partial charge in [0.15, 0.2) is 5.65 Å². The van der Waals surface area contributed by atoms with Gasteiger partial charge >= 0.3 is 0 Å². The van der Waals surface area contributed by atoms with Crippen LogP contribution in [0.4, 0.5) is 5.82 Å². The number of nitrogens with one attached hydrogen (secondary N) is 1. The first kappa shape index (κ1) is 18.4. The summed E-state index contributed by atoms with van der Waals surface area (Å²) in [4.78, 5) is 23.5. The SMILES string of the molecule is O=C(Cn1ncc2c(N3CCCCC3)ncnc21)NCCCc1ccccc1. The molecule has 3 aromatic rings. The molecule has 0 aliphatic carbocycles. The van der Waals surface area contributed by atoms with E-state index < -0.39 is 0 Å². The van der Waals surface area contributed by atoms with E-state index in [9.17, 15) is 4.79 Å². The third kappa shape index (κ3) is 4.30. The lowest BCUT2D eigenvalue weighted by Crippen LogP contribution is -2.30. The Bertz CT molecular complexity index is 917. The largest absolute Gasteiger partial charge is 0.356 e. The van der Waals surface area contributed by atoms with Crippen LogP contribution in [0.2, 0.25) is 0 Å². The minimum Gasteiger partial charge on any atom is -0.356 e. The summed E-state index contributed by atoms with van der Waals surface area (Å²) in [5, 5.41) is 8.29. The maximum Gasteiger partial charge on any atom is 0.241 e. The van der Waals surface area contributed by atoms with E-state index in [1.807, 2.05) is 18.2 Å². The number of piperidine rings is 1. The van der Waals surface area contributed by atoms with Crippen LogP contribution in [0, 0.1) is 0 Å². The van der Waals surface area contributed by atoms with Gasteiger partial charge in [-0.15, -0.1) is 0 Å². The molecule has 0 radical (unpaired) electrons. The van der Waals surface area contributed by atoms with E-state index >= 15 is 0 Å². The number of carbonyl (C=O) groups is 1. The number of anilines is 1. The number of rotatable bonds is 7. The maximum atomic E-state index is 12.3. The number of aryl methyl sites for hydroxylation is 1. The van der Waals surface area contributed by atoms with Gasteiger partial charge in [-0.3, -0.25) is 4.79 Å². The van der Waals surface area contributed by atoms with E-state index in [0.29, 0.717) is 6.54 Å². The molecule has 7 heteroatoms. The van der Waals surface area contributed by atoms with E-state index in [1.165, 1.54) is 24.8 Å². The molecule has 3 heterocycles. The summed E-state index contributed by atoms with van der Waals surface area (Å²) >= 11 is 0. The summed E-state index contributed by atoms with van der Waals surface area (Å²) in [5.41, 5.74) is 2.01. The first-order valence-corrected chi connectivity index (χ1v) is 10.0. The normalized spacial score (nSPS) is 14.4. The third-order valence-corrected chi connectivity index (χ3v) is 5.17. The number of aromatic nitrogens is 4. The van der Waals surface area contributed by atoms with Crippen molar-refractivity contribution in [2.75, 3.05) is 24.5 Å². The summed E-state index contributed by atoms with van der Waals surface area (Å²) in [6, 6.07) is 10.3. The Morgan fingerprint density at radius 3 is 2.71 bits per heavy atom. The first-order valence-electron chi connectivity index (χ1n) is 10.0. The Hall–Kier alpha value is -2.96. The highest BCUT2D eigenvalue weighted by Gasteiger charge is 2.18. The fourth-order valence-corrected chi connectivity index (χ4v) is 3.71. The highest BCUT2D eigenvalue weighted by atomic mass is 16.2. The van der Waals surface area contributed by atoms with Gasteiger partial charge in [0, 0.05) is 19.6 Å². The molecule has 1 saturated heterocycles. The summed E-state index contributed by atoms with van der Waals surface area (Å²) in [6.45, 7) is 2.85. The van der Waals surface area contributed by atoms with Gasteiger partial charge in [-0.1, -0.05) is 30.3 Å². The third-order valence-electron chi connectivity index (χ3n) is 5.17. The van der Waals surface area contributed by atoms with Crippen LogP contribution in [0.1, 0.15) is 31.2 Å². The average molecular weight is 378 g/mol. The van der Waals surface area contributed by atoms with Crippen LogP contribution in [0.25, 0.3) is 11.0 Å². The fraction of sp³-hybridized carbons (Fsp3) is 0.429. The van der Waals surface area contributed by atoms with Gasteiger partial charge in [0.05, 0.1) is 11.6 Å². The molecule has 0 spiro atoms. The van der Waals surface area contributed by atoms with Gasteiger partial charge in [-0.05, 0) is 37.7 Å². The van der Waals surface area contributed by atoms with Crippen molar-refractivity contribution in [1.82, 2.24) is 25.1 Å². The molecule has 4 rings (SSSR count). The van der Waals surface area contributed by atoms with Gasteiger partial charge in [-0.2, -0.15) is 5.10 Å². The van der Waals surface area contributed by atoms with E-state index in [0.717, 1.165) is 42.8 Å². The molecule has 1 N–H and O–H groups in total. The molecular weight excluding hydrogens is 352 g/mol. The molecule has 1 aliphatic rings. The van der Waals surface area contributed by atoms with Crippen LogP contribution in [0.3, 0.4) is 0 Å². The zero-order chi connectivity index (χ0) is 19.2. The standard InChI is InChI=1S/C21H26N6O/c28-19(22-11-7-10-17-8-3-1-4-9-17)15-27-21-18(14-25-27)20(23-16-24-21)26-12-5-2-6-13-26/h1,3-4,8-9,14,16H,2,5-7,10-13,15H2,(H,22,28). The molecule has 1 aromatic carbocycles. The second-order valence-electron chi connectivity index (χ2n) is 7.22. The summed E-state index contributed by atoms with van der Waals surface area (Å²) in [5.74, 6) is 0.885. The smallest absolute Gasteiger partial charge is 0.241 e. The van der Waals surface area contributed by atoms with Crippen molar-refractivity contribution < 1.29 is 4.79 Å². The van der Waals surface area contributed by atoms with Crippen LogP contribution >= 0.6 is 0 Å². The molecule has 0 atom stereocenters. The predicted octanol–water partition coefficient (Wildman–Crippen LogP) is 2.57. The van der Waals surface area contributed by atoms with Crippen LogP contribution in [0.5, 0.6) is 0 Å². The second-order valence-corrected chi connectivity index (χ2v) is 7.22. The predicted molar refractivity (Wildman–Crippen MR) is 109 cm³/mol. The number of benzene rings is 1. The molecule has 0 unspecified atom stereocenters. The Labute approximate surface area is 164 Å². The van der Waals surface area contributed by atoms with Gasteiger partial charge in [0.1, 0.15) is 18.7 Å². The summed E-state index contributed by atoms with van der Waals surface area (Å²) in [6.07, 6.45) is 8.86. The summed E-state index contributed by atoms with van der Waals surface area (Å²) < 4.78 is 1.66. The molecule has 28 heavy (non-hydrogen) atoms. The number of fused-ring (bicyclic) bond motifs is 1. The lowest BCUT2D eigenvalue weighted by molar-refractivity contribution is -0.121. The lowest BCUT2D eigenvalue weighted by atomic mass is 10.1. The van der Waals surface area contributed by atoms with Crippen molar-refractivity contribution in [2.45, 2.75) is 38.6 Å². The van der Waals surface area contributed by atoms with Crippen LogP contribution < -0.4 is 10.2 Å². The van der Waals surface area contributed by atoms with Crippen LogP contribution in [0.15, 0.2) is 42.9 Å². The zero-order valence-corrected chi connectivity index (χ0v) is 16.0. The summed E-state index contributed by atoms with van der Waals surface area (Å²) in [7, 11) is 0. The van der Waals surface area contributed by atoms with Crippen molar-refractivity contribution in [3.63, 3.8) is 0 Å². The monoisotopic (exact) mass is 378 g/mol. The topological polar surface area (TPSA) is 75.9 Å². The molecule has 1 fully saturated rings. The van der Waals surface area contributed by atoms with E-state index in [4.69, 9.17) is 0 Å². The highest BCUT2D eigenvalue weighted by molar-refractivity contribution is 5.87. The molecule has 146 valence electrons. The number of amides is 1. The van der Waals surface area contributed by atoms with Gasteiger partial charge in [-0.25, -0.2) is 14.6 Å². The second kappa shape index (κ2) is 8.82. The van der Waals surface area contributed by atoms with Gasteiger partial charge < -0.3 is 10.2 Å². The molecule has 0 bridgehead atoms. The Morgan fingerprint density at radius 2 is 1.89 bits per heavy atom. The molecule has 1 aliphatic heterocycles. The molecule has 1 amide bonds. The van der Waals surface area contributed by atoms with Crippen LogP contribution in [-0.4, -0.2) is 45.3 Å². The minimum atomic E-state index is -0.0452. The van der Waals surface area contributed by atoms with Crippen molar-refractivity contribution in [2.24, 2.45) is 0 Å². The van der Waals surface area contributed by atoms with E-state index in [-0.39, 0.29) is 12.5 Å². The Kier molecular flexibility index (Phi) is 5.80. The highest BCUT2D eigenvalue weighted by Crippen LogP contribution is 2.25. The van der Waals surface area contributed by atoms with Crippen LogP contribution in [-0.2, 0) is 17.8 Å². The molecule has 7 nitrogen and oxygen atoms in total. The minimum absolute atomic E-state index is 0.0452. The van der Waals surface area contributed by atoms with Crippen molar-refractivity contribution >= 4 is 22.8 Å².